The molecule has 1 unspecified atom stereocenters. The summed E-state index contributed by atoms with van der Waals surface area (Å²) in [4.78, 5) is 0. The lowest BCUT2D eigenvalue weighted by molar-refractivity contribution is 0.461. The first-order valence-corrected chi connectivity index (χ1v) is 8.50. The van der Waals surface area contributed by atoms with Crippen molar-refractivity contribution < 1.29 is 13.0 Å². The van der Waals surface area contributed by atoms with E-state index in [9.17, 15) is 8.42 Å². The maximum atomic E-state index is 10.9. The summed E-state index contributed by atoms with van der Waals surface area (Å²) < 4.78 is 29.5. The van der Waals surface area contributed by atoms with E-state index in [0.29, 0.717) is 0 Å². The average molecular weight is 332 g/mol. The van der Waals surface area contributed by atoms with Crippen LogP contribution in [0.1, 0.15) is 18.9 Å². The lowest BCUT2D eigenvalue weighted by atomic mass is 10.0. The van der Waals surface area contributed by atoms with E-state index in [2.05, 4.69) is 19.7 Å². The molecule has 2 rings (SSSR count). The van der Waals surface area contributed by atoms with E-state index in [1.54, 1.807) is 24.3 Å². The van der Waals surface area contributed by atoms with Crippen LogP contribution < -0.4 is 0 Å². The maximum Gasteiger partial charge on any atom is 0.278 e. The van der Waals surface area contributed by atoms with Crippen molar-refractivity contribution in [1.29, 1.82) is 0 Å². The van der Waals surface area contributed by atoms with Crippen LogP contribution in [0.4, 0.5) is 0 Å². The van der Waals surface area contributed by atoms with E-state index in [1.165, 1.54) is 17.7 Å². The Kier molecular flexibility index (Phi) is 9.54. The zero-order valence-electron chi connectivity index (χ0n) is 13.4. The fourth-order valence-electron chi connectivity index (χ4n) is 1.65. The summed E-state index contributed by atoms with van der Waals surface area (Å²) in [7, 11) is -4.09. The molecular weight excluding hydrogens is 308 g/mol. The van der Waals surface area contributed by atoms with Crippen molar-refractivity contribution in [3.63, 3.8) is 0 Å². The Labute approximate surface area is 139 Å². The van der Waals surface area contributed by atoms with E-state index < -0.39 is 14.9 Å². The summed E-state index contributed by atoms with van der Waals surface area (Å²) in [5.74, 6) is 0. The second-order valence-electron chi connectivity index (χ2n) is 4.65. The third-order valence-corrected chi connectivity index (χ3v) is 4.35. The predicted octanol–water partition coefficient (Wildman–Crippen LogP) is 4.84. The highest BCUT2D eigenvalue weighted by atomic mass is 32.2. The van der Waals surface area contributed by atoms with Crippen molar-refractivity contribution in [1.82, 2.24) is 0 Å². The van der Waals surface area contributed by atoms with Gasteiger partial charge in [0.25, 0.3) is 10.1 Å². The average Bonchev–Trinajstić information content (AvgIpc) is 2.56. The first kappa shape index (κ1) is 20.8. The molecule has 0 saturated carbocycles. The number of hydrogen-bond acceptors (Lipinski definition) is 2. The zero-order valence-corrected chi connectivity index (χ0v) is 14.2. The number of hydrogen-bond donors (Lipinski definition) is 1. The molecule has 0 bridgehead atoms. The van der Waals surface area contributed by atoms with Crippen LogP contribution in [0.25, 0.3) is 6.08 Å². The number of allylic oxidation sites excluding steroid dienone is 4. The maximum absolute atomic E-state index is 10.9. The van der Waals surface area contributed by atoms with E-state index in [4.69, 9.17) is 4.55 Å². The van der Waals surface area contributed by atoms with Gasteiger partial charge in [0, 0.05) is 0 Å². The Hall–Kier alpha value is -2.17. The van der Waals surface area contributed by atoms with Crippen LogP contribution in [-0.4, -0.2) is 17.7 Å². The summed E-state index contributed by atoms with van der Waals surface area (Å²) in [5, 5.41) is 0. The van der Waals surface area contributed by atoms with Gasteiger partial charge in [-0.3, -0.25) is 4.55 Å². The van der Waals surface area contributed by atoms with Gasteiger partial charge in [-0.1, -0.05) is 79.4 Å². The molecule has 1 aliphatic rings. The number of rotatable bonds is 3. The van der Waals surface area contributed by atoms with E-state index >= 15 is 0 Å². The Balaban J connectivity index is 0.000000379. The Morgan fingerprint density at radius 2 is 1.70 bits per heavy atom. The molecule has 0 fully saturated rings. The smallest absolute Gasteiger partial charge is 0.278 e. The van der Waals surface area contributed by atoms with Crippen LogP contribution in [0.3, 0.4) is 0 Å². The van der Waals surface area contributed by atoms with Gasteiger partial charge in [0.1, 0.15) is 4.75 Å². The van der Waals surface area contributed by atoms with Crippen LogP contribution in [0, 0.1) is 0 Å². The van der Waals surface area contributed by atoms with Gasteiger partial charge in [-0.15, -0.1) is 13.2 Å². The fourth-order valence-corrected chi connectivity index (χ4v) is 2.42. The van der Waals surface area contributed by atoms with Crippen LogP contribution >= 0.6 is 0 Å². The van der Waals surface area contributed by atoms with Gasteiger partial charge in [0.2, 0.25) is 0 Å². The van der Waals surface area contributed by atoms with Gasteiger partial charge in [-0.25, -0.2) is 0 Å². The van der Waals surface area contributed by atoms with Gasteiger partial charge < -0.3 is 0 Å². The minimum atomic E-state index is -4.09. The second-order valence-corrected chi connectivity index (χ2v) is 6.36. The lowest BCUT2D eigenvalue weighted by Crippen LogP contribution is -2.34. The standard InChI is InChI=1S/C8H10O3S.C8H8.C3H6/c1-2-8(12(9,10)11)6-4-3-5-7-8;1-2-8-6-4-3-5-7-8;1-3-2/h2-6H,1,7H2,(H,9,10,11);2-7H,1H2;3H,1H2,2H3. The molecule has 0 spiro atoms. The molecular formula is C19H24O3S. The monoisotopic (exact) mass is 332 g/mol. The van der Waals surface area contributed by atoms with Crippen molar-refractivity contribution in [2.75, 3.05) is 0 Å². The molecule has 1 aliphatic carbocycles. The minimum Gasteiger partial charge on any atom is -0.285 e. The summed E-state index contributed by atoms with van der Waals surface area (Å²) in [5.41, 5.74) is 1.17. The minimum absolute atomic E-state index is 0.242. The summed E-state index contributed by atoms with van der Waals surface area (Å²) in [6.07, 6.45) is 11.5. The van der Waals surface area contributed by atoms with E-state index in [1.807, 2.05) is 43.3 Å². The first-order chi connectivity index (χ1) is 10.9. The number of benzene rings is 1. The largest absolute Gasteiger partial charge is 0.285 e. The topological polar surface area (TPSA) is 54.4 Å². The molecule has 0 amide bonds. The highest BCUT2D eigenvalue weighted by molar-refractivity contribution is 7.87. The van der Waals surface area contributed by atoms with Gasteiger partial charge in [0.15, 0.2) is 0 Å². The molecule has 0 aromatic heterocycles. The van der Waals surface area contributed by atoms with Crippen molar-refractivity contribution >= 4 is 16.2 Å². The molecule has 1 aromatic rings. The van der Waals surface area contributed by atoms with Crippen LogP contribution in [0.15, 0.2) is 86.5 Å². The molecule has 0 heterocycles. The summed E-state index contributed by atoms with van der Waals surface area (Å²) in [6.45, 7) is 12.3. The van der Waals surface area contributed by atoms with Gasteiger partial charge in [-0.2, -0.15) is 8.42 Å². The molecule has 124 valence electrons. The molecule has 1 aromatic carbocycles. The van der Waals surface area contributed by atoms with Gasteiger partial charge in [-0.05, 0) is 18.9 Å². The lowest BCUT2D eigenvalue weighted by Gasteiger charge is -2.23. The third kappa shape index (κ3) is 7.08. The quantitative estimate of drug-likeness (QED) is 0.636. The molecule has 0 aliphatic heterocycles. The predicted molar refractivity (Wildman–Crippen MR) is 99.8 cm³/mol. The highest BCUT2D eigenvalue weighted by Crippen LogP contribution is 2.27. The van der Waals surface area contributed by atoms with Crippen molar-refractivity contribution in [3.8, 4) is 0 Å². The van der Waals surface area contributed by atoms with Crippen LogP contribution in [0.5, 0.6) is 0 Å². The van der Waals surface area contributed by atoms with Crippen molar-refractivity contribution in [3.05, 3.63) is 92.1 Å². The Bertz CT molecular complexity index is 655. The Morgan fingerprint density at radius 1 is 1.13 bits per heavy atom. The zero-order chi connectivity index (χ0) is 17.8. The molecule has 23 heavy (non-hydrogen) atoms. The summed E-state index contributed by atoms with van der Waals surface area (Å²) >= 11 is 0. The molecule has 0 saturated heterocycles. The molecule has 4 heteroatoms. The second kappa shape index (κ2) is 10.5. The molecule has 3 nitrogen and oxygen atoms in total. The van der Waals surface area contributed by atoms with Crippen molar-refractivity contribution in [2.24, 2.45) is 0 Å². The Morgan fingerprint density at radius 3 is 1.96 bits per heavy atom. The van der Waals surface area contributed by atoms with Crippen LogP contribution in [-0.2, 0) is 10.1 Å². The first-order valence-electron chi connectivity index (χ1n) is 7.06. The highest BCUT2D eigenvalue weighted by Gasteiger charge is 2.36. The molecule has 1 atom stereocenters. The normalized spacial score (nSPS) is 18.5. The van der Waals surface area contributed by atoms with E-state index in [0.717, 1.165) is 0 Å². The van der Waals surface area contributed by atoms with Crippen LogP contribution in [0.2, 0.25) is 0 Å². The molecule has 0 radical (unpaired) electrons. The van der Waals surface area contributed by atoms with Gasteiger partial charge >= 0.3 is 0 Å². The van der Waals surface area contributed by atoms with E-state index in [-0.39, 0.29) is 6.42 Å². The van der Waals surface area contributed by atoms with Gasteiger partial charge in [0.05, 0.1) is 0 Å². The SMILES string of the molecule is C=CC.C=CC1(S(=O)(=O)O)C=CC=CC1.C=Cc1ccccc1. The summed E-state index contributed by atoms with van der Waals surface area (Å²) in [6, 6.07) is 10.0. The molecule has 1 N–H and O–H groups in total. The van der Waals surface area contributed by atoms with Crippen molar-refractivity contribution in [2.45, 2.75) is 18.1 Å². The third-order valence-electron chi connectivity index (χ3n) is 2.92. The fraction of sp³-hybridized carbons (Fsp3) is 0.158.